The number of fused-ring (bicyclic) bond motifs is 1. The minimum atomic E-state index is -0.370. The van der Waals surface area contributed by atoms with Crippen molar-refractivity contribution in [3.63, 3.8) is 0 Å². The largest absolute Gasteiger partial charge is 0.423 e. The number of esters is 1. The number of benzene rings is 3. The second kappa shape index (κ2) is 8.11. The van der Waals surface area contributed by atoms with E-state index < -0.39 is 0 Å². The van der Waals surface area contributed by atoms with E-state index in [1.165, 1.54) is 11.1 Å². The van der Waals surface area contributed by atoms with Gasteiger partial charge < -0.3 is 4.74 Å². The van der Waals surface area contributed by atoms with Crippen LogP contribution in [0.25, 0.3) is 22.2 Å². The molecule has 0 aliphatic rings. The van der Waals surface area contributed by atoms with Crippen molar-refractivity contribution in [2.75, 3.05) is 0 Å². The molecule has 3 nitrogen and oxygen atoms in total. The van der Waals surface area contributed by atoms with Crippen LogP contribution in [0.4, 0.5) is 0 Å². The highest BCUT2D eigenvalue weighted by molar-refractivity contribution is 6.06. The van der Waals surface area contributed by atoms with Gasteiger partial charge in [0.15, 0.2) is 0 Å². The SMILES string of the molecule is CCc1ccc(OC(=O)c2cc(-c3ccc(C)cc3)nc3c(C)cc(C)cc23)cc1. The lowest BCUT2D eigenvalue weighted by Gasteiger charge is -2.13. The van der Waals surface area contributed by atoms with Crippen molar-refractivity contribution in [2.45, 2.75) is 34.1 Å². The fourth-order valence-corrected chi connectivity index (χ4v) is 3.68. The highest BCUT2D eigenvalue weighted by atomic mass is 16.5. The molecule has 30 heavy (non-hydrogen) atoms. The Balaban J connectivity index is 1.83. The van der Waals surface area contributed by atoms with Crippen molar-refractivity contribution in [2.24, 2.45) is 0 Å². The Morgan fingerprint density at radius 1 is 0.867 bits per heavy atom. The number of hydrogen-bond donors (Lipinski definition) is 0. The van der Waals surface area contributed by atoms with E-state index in [1.54, 1.807) is 0 Å². The van der Waals surface area contributed by atoms with Crippen LogP contribution < -0.4 is 4.74 Å². The molecular formula is C27H25NO2. The Kier molecular flexibility index (Phi) is 5.37. The number of ether oxygens (including phenoxy) is 1. The zero-order valence-electron chi connectivity index (χ0n) is 17.8. The van der Waals surface area contributed by atoms with E-state index in [0.29, 0.717) is 11.3 Å². The lowest BCUT2D eigenvalue weighted by atomic mass is 9.99. The Labute approximate surface area is 177 Å². The van der Waals surface area contributed by atoms with Gasteiger partial charge in [0.05, 0.1) is 16.8 Å². The third-order valence-electron chi connectivity index (χ3n) is 5.36. The van der Waals surface area contributed by atoms with Gasteiger partial charge in [-0.1, -0.05) is 60.5 Å². The first-order chi connectivity index (χ1) is 14.4. The third kappa shape index (κ3) is 3.97. The number of carbonyl (C=O) groups excluding carboxylic acids is 1. The lowest BCUT2D eigenvalue weighted by Crippen LogP contribution is -2.10. The van der Waals surface area contributed by atoms with E-state index in [0.717, 1.165) is 39.7 Å². The van der Waals surface area contributed by atoms with Gasteiger partial charge in [0.1, 0.15) is 5.75 Å². The molecule has 0 bridgehead atoms. The quantitative estimate of drug-likeness (QED) is 0.288. The average molecular weight is 396 g/mol. The molecule has 0 aliphatic carbocycles. The molecule has 3 heteroatoms. The molecule has 0 unspecified atom stereocenters. The average Bonchev–Trinajstić information content (AvgIpc) is 2.74. The molecule has 0 aliphatic heterocycles. The minimum Gasteiger partial charge on any atom is -0.423 e. The first-order valence-electron chi connectivity index (χ1n) is 10.2. The number of rotatable bonds is 4. The Morgan fingerprint density at radius 2 is 1.57 bits per heavy atom. The van der Waals surface area contributed by atoms with Gasteiger partial charge in [-0.15, -0.1) is 0 Å². The second-order valence-electron chi connectivity index (χ2n) is 7.79. The molecule has 4 aromatic rings. The van der Waals surface area contributed by atoms with Crippen molar-refractivity contribution in [1.29, 1.82) is 0 Å². The number of pyridine rings is 1. The summed E-state index contributed by atoms with van der Waals surface area (Å²) >= 11 is 0. The summed E-state index contributed by atoms with van der Waals surface area (Å²) < 4.78 is 5.73. The molecule has 1 heterocycles. The number of aryl methyl sites for hydroxylation is 4. The van der Waals surface area contributed by atoms with Gasteiger partial charge in [0.2, 0.25) is 0 Å². The summed E-state index contributed by atoms with van der Waals surface area (Å²) in [4.78, 5) is 18.1. The molecular weight excluding hydrogens is 370 g/mol. The van der Waals surface area contributed by atoms with E-state index >= 15 is 0 Å². The maximum atomic E-state index is 13.2. The minimum absolute atomic E-state index is 0.370. The first-order valence-corrected chi connectivity index (χ1v) is 10.2. The number of nitrogens with zero attached hydrogens (tertiary/aromatic N) is 1. The predicted molar refractivity (Wildman–Crippen MR) is 122 cm³/mol. The van der Waals surface area contributed by atoms with Crippen molar-refractivity contribution in [1.82, 2.24) is 4.98 Å². The molecule has 0 saturated carbocycles. The second-order valence-corrected chi connectivity index (χ2v) is 7.79. The van der Waals surface area contributed by atoms with Crippen molar-refractivity contribution in [3.8, 4) is 17.0 Å². The smallest absolute Gasteiger partial charge is 0.344 e. The maximum absolute atomic E-state index is 13.2. The standard InChI is InChI=1S/C27H25NO2/c1-5-20-8-12-22(13-9-20)30-27(29)24-16-25(21-10-6-17(2)7-11-21)28-26-19(4)14-18(3)15-23(24)26/h6-16H,5H2,1-4H3. The summed E-state index contributed by atoms with van der Waals surface area (Å²) in [5, 5.41) is 0.818. The molecule has 150 valence electrons. The monoisotopic (exact) mass is 395 g/mol. The van der Waals surface area contributed by atoms with Crippen molar-refractivity contribution < 1.29 is 9.53 Å². The van der Waals surface area contributed by atoms with E-state index in [4.69, 9.17) is 9.72 Å². The fourth-order valence-electron chi connectivity index (χ4n) is 3.68. The molecule has 4 rings (SSSR count). The van der Waals surface area contributed by atoms with Crippen LogP contribution in [0.15, 0.2) is 66.7 Å². The Hall–Kier alpha value is -3.46. The van der Waals surface area contributed by atoms with Crippen LogP contribution in [0.5, 0.6) is 5.75 Å². The topological polar surface area (TPSA) is 39.2 Å². The van der Waals surface area contributed by atoms with Crippen LogP contribution >= 0.6 is 0 Å². The molecule has 0 fully saturated rings. The fraction of sp³-hybridized carbons (Fsp3) is 0.185. The molecule has 0 radical (unpaired) electrons. The third-order valence-corrected chi connectivity index (χ3v) is 5.36. The van der Waals surface area contributed by atoms with Crippen molar-refractivity contribution in [3.05, 3.63) is 94.5 Å². The van der Waals surface area contributed by atoms with E-state index in [1.807, 2.05) is 62.4 Å². The number of aromatic nitrogens is 1. The molecule has 0 atom stereocenters. The van der Waals surface area contributed by atoms with Crippen LogP contribution in [0.2, 0.25) is 0 Å². The highest BCUT2D eigenvalue weighted by Crippen LogP contribution is 2.29. The number of carbonyl (C=O) groups is 1. The van der Waals surface area contributed by atoms with Crippen LogP contribution in [0.1, 0.15) is 39.5 Å². The van der Waals surface area contributed by atoms with Crippen LogP contribution in [0, 0.1) is 20.8 Å². The van der Waals surface area contributed by atoms with Crippen molar-refractivity contribution >= 4 is 16.9 Å². The highest BCUT2D eigenvalue weighted by Gasteiger charge is 2.18. The zero-order valence-corrected chi connectivity index (χ0v) is 17.8. The molecule has 0 N–H and O–H groups in total. The van der Waals surface area contributed by atoms with Crippen LogP contribution in [-0.4, -0.2) is 11.0 Å². The Bertz CT molecular complexity index is 1220. The summed E-state index contributed by atoms with van der Waals surface area (Å²) in [6.45, 7) is 8.21. The molecule has 0 saturated heterocycles. The van der Waals surface area contributed by atoms with Gasteiger partial charge >= 0.3 is 5.97 Å². The maximum Gasteiger partial charge on any atom is 0.344 e. The van der Waals surface area contributed by atoms with E-state index in [-0.39, 0.29) is 5.97 Å². The van der Waals surface area contributed by atoms with Gasteiger partial charge in [-0.05, 0) is 62.6 Å². The van der Waals surface area contributed by atoms with Gasteiger partial charge in [0.25, 0.3) is 0 Å². The molecule has 0 spiro atoms. The predicted octanol–water partition coefficient (Wildman–Crippen LogP) is 6.61. The number of hydrogen-bond acceptors (Lipinski definition) is 3. The van der Waals surface area contributed by atoms with Gasteiger partial charge in [-0.2, -0.15) is 0 Å². The normalized spacial score (nSPS) is 10.9. The molecule has 1 aromatic heterocycles. The van der Waals surface area contributed by atoms with Gasteiger partial charge in [0, 0.05) is 10.9 Å². The molecule has 0 amide bonds. The molecule has 3 aromatic carbocycles. The summed E-state index contributed by atoms with van der Waals surface area (Å²) in [6, 6.07) is 21.8. The van der Waals surface area contributed by atoms with E-state index in [2.05, 4.69) is 32.0 Å². The van der Waals surface area contributed by atoms with Gasteiger partial charge in [-0.3, -0.25) is 0 Å². The summed E-state index contributed by atoms with van der Waals surface area (Å²) in [7, 11) is 0. The van der Waals surface area contributed by atoms with Crippen LogP contribution in [0.3, 0.4) is 0 Å². The van der Waals surface area contributed by atoms with E-state index in [9.17, 15) is 4.79 Å². The lowest BCUT2D eigenvalue weighted by molar-refractivity contribution is 0.0737. The Morgan fingerprint density at radius 3 is 2.23 bits per heavy atom. The zero-order chi connectivity index (χ0) is 21.3. The first kappa shape index (κ1) is 19.8. The van der Waals surface area contributed by atoms with Crippen LogP contribution in [-0.2, 0) is 6.42 Å². The summed E-state index contributed by atoms with van der Waals surface area (Å²) in [6.07, 6.45) is 0.946. The summed E-state index contributed by atoms with van der Waals surface area (Å²) in [5.41, 5.74) is 7.62. The van der Waals surface area contributed by atoms with Gasteiger partial charge in [-0.25, -0.2) is 9.78 Å². The summed E-state index contributed by atoms with van der Waals surface area (Å²) in [5.74, 6) is 0.174.